The van der Waals surface area contributed by atoms with E-state index in [4.69, 9.17) is 13.5 Å². The number of esters is 2. The Morgan fingerprint density at radius 1 is 0.714 bits per heavy atom. The minimum absolute atomic E-state index is 0.103. The molecule has 0 aromatic heterocycles. The Bertz CT molecular complexity index is 355. The summed E-state index contributed by atoms with van der Waals surface area (Å²) in [7, 11) is 0. The molecule has 0 heterocycles. The first-order valence-electron chi connectivity index (χ1n) is 8.66. The zero-order valence-electron chi connectivity index (χ0n) is 18.2. The Balaban J connectivity index is -0.0000000867. The molecule has 0 saturated carbocycles. The summed E-state index contributed by atoms with van der Waals surface area (Å²) in [6.07, 6.45) is -0.540. The van der Waals surface area contributed by atoms with Crippen molar-refractivity contribution in [3.8, 4) is 0 Å². The van der Waals surface area contributed by atoms with Crippen LogP contribution in [0.1, 0.15) is 68.2 Å². The van der Waals surface area contributed by atoms with E-state index in [1.807, 2.05) is 0 Å². The Morgan fingerprint density at radius 2 is 0.893 bits per heavy atom. The van der Waals surface area contributed by atoms with E-state index in [0.717, 1.165) is 20.4 Å². The topological polar surface area (TPSA) is 144 Å². The molecule has 10 heteroatoms. The summed E-state index contributed by atoms with van der Waals surface area (Å²) in [4.78, 5) is 41.3. The van der Waals surface area contributed by atoms with Gasteiger partial charge >= 0.3 is 35.7 Å². The van der Waals surface area contributed by atoms with E-state index in [-0.39, 0.29) is 36.6 Å². The number of aliphatic hydroxyl groups excluding tert-OH is 2. The quantitative estimate of drug-likeness (QED) is 0.355. The van der Waals surface area contributed by atoms with Crippen molar-refractivity contribution in [2.45, 2.75) is 80.4 Å². The average molecular weight is 444 g/mol. The monoisotopic (exact) mass is 444 g/mol. The van der Waals surface area contributed by atoms with Crippen LogP contribution in [0.2, 0.25) is 0 Å². The molecular weight excluding hydrogens is 408 g/mol. The molecule has 0 aliphatic heterocycles. The van der Waals surface area contributed by atoms with Crippen LogP contribution in [0.5, 0.6) is 0 Å². The summed E-state index contributed by atoms with van der Waals surface area (Å²) in [5.41, 5.74) is 0. The van der Waals surface area contributed by atoms with Gasteiger partial charge in [-0.25, -0.2) is 0 Å². The number of aliphatic hydroxyl groups is 2. The fourth-order valence-electron chi connectivity index (χ4n) is 0.831. The summed E-state index contributed by atoms with van der Waals surface area (Å²) >= 11 is 0.750. The van der Waals surface area contributed by atoms with Crippen LogP contribution in [0.3, 0.4) is 0 Å². The molecule has 9 nitrogen and oxygen atoms in total. The number of hydrogen-bond acceptors (Lipinski definition) is 9. The van der Waals surface area contributed by atoms with Crippen LogP contribution in [0.15, 0.2) is 0 Å². The van der Waals surface area contributed by atoms with Crippen molar-refractivity contribution in [3.05, 3.63) is 0 Å². The molecule has 28 heavy (non-hydrogen) atoms. The number of hydrogen-bond donors (Lipinski definition) is 2. The molecule has 0 radical (unpaired) electrons. The molecule has 2 N–H and O–H groups in total. The van der Waals surface area contributed by atoms with E-state index in [9.17, 15) is 19.2 Å². The van der Waals surface area contributed by atoms with Crippen LogP contribution in [0, 0.1) is 0 Å². The fraction of sp³-hybridized carbons (Fsp3) is 0.778. The van der Waals surface area contributed by atoms with E-state index < -0.39 is 11.9 Å². The molecule has 166 valence electrons. The molecule has 0 atom stereocenters. The van der Waals surface area contributed by atoms with Gasteiger partial charge in [0.25, 0.3) is 0 Å². The summed E-state index contributed by atoms with van der Waals surface area (Å²) in [6.45, 7) is 13.7. The molecule has 0 aliphatic rings. The van der Waals surface area contributed by atoms with Crippen LogP contribution >= 0.6 is 0 Å². The molecule has 0 unspecified atom stereocenters. The molecule has 0 aromatic rings. The van der Waals surface area contributed by atoms with Gasteiger partial charge in [0.1, 0.15) is 24.4 Å². The first kappa shape index (κ1) is 37.5. The third kappa shape index (κ3) is 86.0. The first-order chi connectivity index (χ1) is 12.8. The summed E-state index contributed by atoms with van der Waals surface area (Å²) < 4.78 is 17.2. The second kappa shape index (κ2) is 30.4. The zero-order chi connectivity index (χ0) is 23.7. The van der Waals surface area contributed by atoms with Crippen molar-refractivity contribution in [1.82, 2.24) is 0 Å². The molecular formula is C18H36O9Ti. The third-order valence-electron chi connectivity index (χ3n) is 1.40. The Hall–Kier alpha value is -1.29. The van der Waals surface area contributed by atoms with E-state index >= 15 is 0 Å². The van der Waals surface area contributed by atoms with Crippen LogP contribution in [-0.2, 0) is 52.4 Å². The van der Waals surface area contributed by atoms with Gasteiger partial charge in [0.05, 0.1) is 13.2 Å². The van der Waals surface area contributed by atoms with Gasteiger partial charge in [0.15, 0.2) is 0 Å². The molecule has 0 fully saturated rings. The number of carbonyl (C=O) groups is 4. The predicted molar refractivity (Wildman–Crippen MR) is 99.3 cm³/mol. The second-order valence-electron chi connectivity index (χ2n) is 5.56. The van der Waals surface area contributed by atoms with Crippen LogP contribution < -0.4 is 0 Å². The summed E-state index contributed by atoms with van der Waals surface area (Å²) in [5.74, 6) is -1.20. The van der Waals surface area contributed by atoms with Gasteiger partial charge in [-0.1, -0.05) is 0 Å². The third-order valence-corrected chi connectivity index (χ3v) is 1.40. The molecule has 0 amide bonds. The molecule has 0 spiro atoms. The number of Topliss-reactive ketones (excluding diaryl/α,β-unsaturated/α-hetero) is 2. The van der Waals surface area contributed by atoms with E-state index in [2.05, 4.69) is 9.47 Å². The summed E-state index contributed by atoms with van der Waals surface area (Å²) in [5, 5.41) is 16.1. The van der Waals surface area contributed by atoms with Gasteiger partial charge < -0.3 is 19.7 Å². The summed E-state index contributed by atoms with van der Waals surface area (Å²) in [6, 6.07) is 0. The Morgan fingerprint density at radius 3 is 1.00 bits per heavy atom. The van der Waals surface area contributed by atoms with Crippen molar-refractivity contribution >= 4 is 23.5 Å². The van der Waals surface area contributed by atoms with Gasteiger partial charge in [-0.2, -0.15) is 0 Å². The standard InChI is InChI=1S/2C6H10O3.2C3H8O.O.Ti/c2*1-3-9-6(8)4-5(2)7;2*1-3(2)4;;/h2*3-4H2,1-2H3;2*3-4H,1-2H3;;. The number of ketones is 2. The molecule has 0 saturated heterocycles. The SMILES string of the molecule is CC(C)O.CC(C)O.CCOC(=O)CC(C)=O.CCOC(=O)CC(C)=O.[O]=[Ti]. The fourth-order valence-corrected chi connectivity index (χ4v) is 0.831. The minimum atomic E-state index is -0.440. The Kier molecular flexibility index (Phi) is 40.7. The number of carbonyl (C=O) groups excluding carboxylic acids is 4. The van der Waals surface area contributed by atoms with Crippen molar-refractivity contribution in [2.24, 2.45) is 0 Å². The molecule has 0 aromatic carbocycles. The number of ether oxygens (including phenoxy) is 2. The van der Waals surface area contributed by atoms with Crippen molar-refractivity contribution in [3.63, 3.8) is 0 Å². The normalized spacial score (nSPS) is 8.25. The predicted octanol–water partition coefficient (Wildman–Crippen LogP) is 1.71. The van der Waals surface area contributed by atoms with Gasteiger partial charge in [0.2, 0.25) is 0 Å². The van der Waals surface area contributed by atoms with E-state index in [1.165, 1.54) is 13.8 Å². The van der Waals surface area contributed by atoms with Crippen LogP contribution in [-0.4, -0.2) is 59.1 Å². The maximum atomic E-state index is 10.4. The van der Waals surface area contributed by atoms with Gasteiger partial charge in [-0.05, 0) is 55.4 Å². The van der Waals surface area contributed by atoms with Crippen LogP contribution in [0.4, 0.5) is 0 Å². The van der Waals surface area contributed by atoms with Gasteiger partial charge in [0, 0.05) is 12.2 Å². The number of rotatable bonds is 6. The molecule has 0 aliphatic carbocycles. The van der Waals surface area contributed by atoms with Crippen molar-refractivity contribution in [2.75, 3.05) is 13.2 Å². The van der Waals surface area contributed by atoms with Crippen molar-refractivity contribution < 1.29 is 62.6 Å². The zero-order valence-corrected chi connectivity index (χ0v) is 19.8. The van der Waals surface area contributed by atoms with Crippen molar-refractivity contribution in [1.29, 1.82) is 0 Å². The Labute approximate surface area is 179 Å². The van der Waals surface area contributed by atoms with E-state index in [1.54, 1.807) is 41.5 Å². The van der Waals surface area contributed by atoms with Gasteiger partial charge in [-0.15, -0.1) is 0 Å². The maximum absolute atomic E-state index is 10.4. The average Bonchev–Trinajstić information content (AvgIpc) is 2.47. The second-order valence-corrected chi connectivity index (χ2v) is 5.56. The van der Waals surface area contributed by atoms with E-state index in [0.29, 0.717) is 13.2 Å². The van der Waals surface area contributed by atoms with Crippen LogP contribution in [0.25, 0.3) is 0 Å². The molecule has 0 rings (SSSR count). The molecule has 0 bridgehead atoms. The van der Waals surface area contributed by atoms with Gasteiger partial charge in [-0.3, -0.25) is 19.2 Å². The first-order valence-corrected chi connectivity index (χ1v) is 9.30.